The molecule has 29 heavy (non-hydrogen) atoms. The van der Waals surface area contributed by atoms with Crippen molar-refractivity contribution in [3.63, 3.8) is 0 Å². The summed E-state index contributed by atoms with van der Waals surface area (Å²) in [5, 5.41) is 7.13. The molecule has 2 amide bonds. The molecule has 1 saturated carbocycles. The maximum absolute atomic E-state index is 13.9. The Balaban J connectivity index is 1.47. The summed E-state index contributed by atoms with van der Waals surface area (Å²) >= 11 is 0. The molecule has 3 aliphatic rings. The third kappa shape index (κ3) is 3.54. The Bertz CT molecular complexity index is 939. The number of amides is 2. The molecule has 3 atom stereocenters. The molecule has 2 saturated heterocycles. The first-order valence-corrected chi connectivity index (χ1v) is 10.4. The molecular formula is C22H24FN3O3. The van der Waals surface area contributed by atoms with Crippen LogP contribution in [-0.2, 0) is 4.79 Å². The van der Waals surface area contributed by atoms with Crippen LogP contribution in [-0.4, -0.2) is 40.5 Å². The molecule has 3 fully saturated rings. The van der Waals surface area contributed by atoms with E-state index in [1.54, 1.807) is 17.0 Å². The van der Waals surface area contributed by atoms with Gasteiger partial charge in [-0.25, -0.2) is 4.39 Å². The summed E-state index contributed by atoms with van der Waals surface area (Å²) in [7, 11) is 0. The summed E-state index contributed by atoms with van der Waals surface area (Å²) in [5.41, 5.74) is 1.12. The van der Waals surface area contributed by atoms with Crippen molar-refractivity contribution in [1.82, 2.24) is 15.4 Å². The van der Waals surface area contributed by atoms with Crippen molar-refractivity contribution in [3.8, 4) is 0 Å². The Kier molecular flexibility index (Phi) is 4.60. The normalized spacial score (nSPS) is 27.1. The maximum atomic E-state index is 13.9. The quantitative estimate of drug-likeness (QED) is 0.862. The van der Waals surface area contributed by atoms with Crippen molar-refractivity contribution < 1.29 is 18.5 Å². The average Bonchev–Trinajstić information content (AvgIpc) is 3.32. The largest absolute Gasteiger partial charge is 0.360 e. The summed E-state index contributed by atoms with van der Waals surface area (Å²) in [5.74, 6) is 0.508. The number of benzene rings is 1. The van der Waals surface area contributed by atoms with Gasteiger partial charge in [-0.05, 0) is 43.4 Å². The van der Waals surface area contributed by atoms with Crippen molar-refractivity contribution in [3.05, 3.63) is 53.2 Å². The fourth-order valence-corrected chi connectivity index (χ4v) is 4.73. The Labute approximate surface area is 168 Å². The number of nitrogens with one attached hydrogen (secondary N) is 1. The van der Waals surface area contributed by atoms with Gasteiger partial charge in [-0.2, -0.15) is 0 Å². The lowest BCUT2D eigenvalue weighted by Gasteiger charge is -2.30. The van der Waals surface area contributed by atoms with Crippen LogP contribution < -0.4 is 5.32 Å². The molecule has 7 heteroatoms. The lowest BCUT2D eigenvalue weighted by molar-refractivity contribution is -0.122. The summed E-state index contributed by atoms with van der Waals surface area (Å²) in [6.07, 6.45) is 5.12. The van der Waals surface area contributed by atoms with E-state index >= 15 is 0 Å². The zero-order chi connectivity index (χ0) is 20.0. The van der Waals surface area contributed by atoms with Crippen molar-refractivity contribution in [2.75, 3.05) is 6.54 Å². The molecule has 1 N–H and O–H groups in total. The number of hydrogen-bond donors (Lipinski definition) is 1. The van der Waals surface area contributed by atoms with Crippen LogP contribution in [0.5, 0.6) is 0 Å². The molecule has 0 bridgehead atoms. The van der Waals surface area contributed by atoms with Crippen molar-refractivity contribution in [1.29, 1.82) is 0 Å². The summed E-state index contributed by atoms with van der Waals surface area (Å²) in [4.78, 5) is 27.4. The highest BCUT2D eigenvalue weighted by Crippen LogP contribution is 2.41. The monoisotopic (exact) mass is 397 g/mol. The SMILES string of the molecule is O=C1CCCC[C@@H]2[C@@H](N1)[C@H](c1cccc(F)c1)CN2C(=O)c1cc(C2CC2)on1. The van der Waals surface area contributed by atoms with Crippen molar-refractivity contribution in [2.24, 2.45) is 0 Å². The summed E-state index contributed by atoms with van der Waals surface area (Å²) < 4.78 is 19.3. The van der Waals surface area contributed by atoms with Gasteiger partial charge in [0.15, 0.2) is 5.69 Å². The smallest absolute Gasteiger partial charge is 0.276 e. The summed E-state index contributed by atoms with van der Waals surface area (Å²) in [6, 6.07) is 7.84. The Morgan fingerprint density at radius 2 is 2.07 bits per heavy atom. The van der Waals surface area contributed by atoms with Gasteiger partial charge in [-0.1, -0.05) is 23.7 Å². The van der Waals surface area contributed by atoms with Gasteiger partial charge in [0.1, 0.15) is 11.6 Å². The lowest BCUT2D eigenvalue weighted by atomic mass is 9.88. The zero-order valence-corrected chi connectivity index (χ0v) is 16.1. The molecule has 5 rings (SSSR count). The van der Waals surface area contributed by atoms with E-state index in [4.69, 9.17) is 4.52 Å². The van der Waals surface area contributed by atoms with E-state index in [9.17, 15) is 14.0 Å². The van der Waals surface area contributed by atoms with Crippen LogP contribution in [0.15, 0.2) is 34.9 Å². The standard InChI is InChI=1S/C22H24FN3O3/c23-15-5-3-4-14(10-15)16-12-26(18-6-1-2-7-20(27)24-21(16)18)22(28)17-11-19(29-25-17)13-8-9-13/h3-5,10-11,13,16,18,21H,1-2,6-9,12H2,(H,24,27)/t16-,18+,21-/m0/s1. The van der Waals surface area contributed by atoms with E-state index in [1.165, 1.54) is 12.1 Å². The van der Waals surface area contributed by atoms with Gasteiger partial charge in [0.05, 0.1) is 12.1 Å². The van der Waals surface area contributed by atoms with Crippen molar-refractivity contribution in [2.45, 2.75) is 62.4 Å². The van der Waals surface area contributed by atoms with Gasteiger partial charge in [0, 0.05) is 30.9 Å². The Hall–Kier alpha value is -2.70. The third-order valence-corrected chi connectivity index (χ3v) is 6.39. The molecule has 6 nitrogen and oxygen atoms in total. The van der Waals surface area contributed by atoms with E-state index < -0.39 is 0 Å². The molecule has 152 valence electrons. The molecule has 2 aliphatic heterocycles. The first kappa shape index (κ1) is 18.3. The number of nitrogens with zero attached hydrogens (tertiary/aromatic N) is 2. The molecule has 3 heterocycles. The second-order valence-electron chi connectivity index (χ2n) is 8.41. The van der Waals surface area contributed by atoms with Crippen LogP contribution in [0.4, 0.5) is 4.39 Å². The van der Waals surface area contributed by atoms with Crippen molar-refractivity contribution >= 4 is 11.8 Å². The number of aromatic nitrogens is 1. The van der Waals surface area contributed by atoms with E-state index in [-0.39, 0.29) is 35.6 Å². The van der Waals surface area contributed by atoms with Crippen LogP contribution in [0.25, 0.3) is 0 Å². The predicted octanol–water partition coefficient (Wildman–Crippen LogP) is 3.36. The maximum Gasteiger partial charge on any atom is 0.276 e. The molecule has 0 radical (unpaired) electrons. The minimum absolute atomic E-state index is 0.00661. The fraction of sp³-hybridized carbons (Fsp3) is 0.500. The van der Waals surface area contributed by atoms with Crippen LogP contribution in [0, 0.1) is 5.82 Å². The van der Waals surface area contributed by atoms with E-state index in [1.807, 2.05) is 6.07 Å². The minimum Gasteiger partial charge on any atom is -0.360 e. The second kappa shape index (κ2) is 7.28. The van der Waals surface area contributed by atoms with Gasteiger partial charge in [0.25, 0.3) is 5.91 Å². The molecule has 0 spiro atoms. The summed E-state index contributed by atoms with van der Waals surface area (Å²) in [6.45, 7) is 0.420. The topological polar surface area (TPSA) is 75.4 Å². The first-order valence-electron chi connectivity index (χ1n) is 10.4. The minimum atomic E-state index is -0.313. The third-order valence-electron chi connectivity index (χ3n) is 6.39. The van der Waals surface area contributed by atoms with Crippen LogP contribution >= 0.6 is 0 Å². The molecule has 2 aromatic rings. The van der Waals surface area contributed by atoms with E-state index in [0.717, 1.165) is 43.4 Å². The molecule has 1 aliphatic carbocycles. The fourth-order valence-electron chi connectivity index (χ4n) is 4.73. The number of rotatable bonds is 3. The number of hydrogen-bond acceptors (Lipinski definition) is 4. The van der Waals surface area contributed by atoms with Gasteiger partial charge in [-0.15, -0.1) is 0 Å². The van der Waals surface area contributed by atoms with Gasteiger partial charge >= 0.3 is 0 Å². The van der Waals surface area contributed by atoms with E-state index in [2.05, 4.69) is 10.5 Å². The first-order chi connectivity index (χ1) is 14.1. The Morgan fingerprint density at radius 3 is 2.86 bits per heavy atom. The predicted molar refractivity (Wildman–Crippen MR) is 103 cm³/mol. The second-order valence-corrected chi connectivity index (χ2v) is 8.41. The number of likely N-dealkylation sites (tertiary alicyclic amines) is 1. The van der Waals surface area contributed by atoms with Gasteiger partial charge in [0.2, 0.25) is 5.91 Å². The number of carbonyl (C=O) groups is 2. The highest BCUT2D eigenvalue weighted by atomic mass is 19.1. The van der Waals surface area contributed by atoms with Gasteiger partial charge < -0.3 is 14.7 Å². The highest BCUT2D eigenvalue weighted by molar-refractivity contribution is 5.93. The number of fused-ring (bicyclic) bond motifs is 1. The highest BCUT2D eigenvalue weighted by Gasteiger charge is 2.46. The van der Waals surface area contributed by atoms with Crippen LogP contribution in [0.3, 0.4) is 0 Å². The number of carbonyl (C=O) groups excluding carboxylic acids is 2. The molecular weight excluding hydrogens is 373 g/mol. The molecule has 1 aromatic carbocycles. The molecule has 0 unspecified atom stereocenters. The van der Waals surface area contributed by atoms with E-state index in [0.29, 0.717) is 24.6 Å². The van der Waals surface area contributed by atoms with Crippen LogP contribution in [0.2, 0.25) is 0 Å². The van der Waals surface area contributed by atoms with Gasteiger partial charge in [-0.3, -0.25) is 9.59 Å². The molecule has 1 aromatic heterocycles. The average molecular weight is 397 g/mol. The van der Waals surface area contributed by atoms with Crippen LogP contribution in [0.1, 0.15) is 72.2 Å². The number of halogens is 1. The lowest BCUT2D eigenvalue weighted by Crippen LogP contribution is -2.48. The zero-order valence-electron chi connectivity index (χ0n) is 16.1. The Morgan fingerprint density at radius 1 is 1.21 bits per heavy atom.